The van der Waals surface area contributed by atoms with E-state index in [1.165, 1.54) is 27.5 Å². The van der Waals surface area contributed by atoms with E-state index >= 15 is 0 Å². The highest BCUT2D eigenvalue weighted by Gasteiger charge is 2.24. The van der Waals surface area contributed by atoms with Crippen molar-refractivity contribution in [3.05, 3.63) is 96.9 Å². The Kier molecular flexibility index (Phi) is 5.72. The molecule has 0 aliphatic carbocycles. The number of hydrogen-bond donors (Lipinski definition) is 4. The second-order valence-corrected chi connectivity index (χ2v) is 10.9. The van der Waals surface area contributed by atoms with E-state index in [9.17, 15) is 0 Å². The summed E-state index contributed by atoms with van der Waals surface area (Å²) in [4.78, 5) is 16.3. The van der Waals surface area contributed by atoms with Crippen molar-refractivity contribution in [2.75, 3.05) is 13.1 Å². The molecule has 2 aliphatic heterocycles. The Morgan fingerprint density at radius 2 is 1.32 bits per heavy atom. The summed E-state index contributed by atoms with van der Waals surface area (Å²) in [7, 11) is 0. The molecule has 6 heteroatoms. The van der Waals surface area contributed by atoms with E-state index in [4.69, 9.17) is 0 Å². The largest absolute Gasteiger partial charge is 0.341 e. The molecule has 190 valence electrons. The number of rotatable bonds is 5. The van der Waals surface area contributed by atoms with Gasteiger partial charge in [0.1, 0.15) is 11.6 Å². The van der Waals surface area contributed by atoms with Crippen LogP contribution in [0.3, 0.4) is 0 Å². The van der Waals surface area contributed by atoms with Gasteiger partial charge in [0.15, 0.2) is 0 Å². The average Bonchev–Trinajstić information content (AvgIpc) is 3.75. The van der Waals surface area contributed by atoms with Gasteiger partial charge in [-0.3, -0.25) is 0 Å². The normalized spacial score (nSPS) is 21.5. The zero-order valence-electron chi connectivity index (χ0n) is 21.6. The van der Waals surface area contributed by atoms with Gasteiger partial charge in [0.25, 0.3) is 0 Å². The van der Waals surface area contributed by atoms with Crippen LogP contribution in [0.25, 0.3) is 44.4 Å². The molecule has 4 N–H and O–H groups in total. The summed E-state index contributed by atoms with van der Waals surface area (Å²) in [6.45, 7) is 8.28. The van der Waals surface area contributed by atoms with Crippen LogP contribution in [0.5, 0.6) is 0 Å². The third-order valence-electron chi connectivity index (χ3n) is 7.97. The first kappa shape index (κ1) is 23.1. The Balaban J connectivity index is 1.09. The number of nitrogens with one attached hydrogen (secondary N) is 4. The lowest BCUT2D eigenvalue weighted by atomic mass is 9.98. The Labute approximate surface area is 222 Å². The average molecular weight is 501 g/mol. The van der Waals surface area contributed by atoms with Crippen LogP contribution in [-0.2, 0) is 0 Å². The quantitative estimate of drug-likeness (QED) is 0.206. The summed E-state index contributed by atoms with van der Waals surface area (Å²) in [5, 5.41) is 9.47. The fourth-order valence-corrected chi connectivity index (χ4v) is 5.77. The molecule has 2 aromatic heterocycles. The Bertz CT molecular complexity index is 1630. The first-order valence-electron chi connectivity index (χ1n) is 13.5. The van der Waals surface area contributed by atoms with Gasteiger partial charge >= 0.3 is 0 Å². The van der Waals surface area contributed by atoms with Crippen molar-refractivity contribution in [1.82, 2.24) is 30.6 Å². The first-order valence-corrected chi connectivity index (χ1v) is 13.5. The summed E-state index contributed by atoms with van der Waals surface area (Å²) in [5.41, 5.74) is 8.04. The van der Waals surface area contributed by atoms with Gasteiger partial charge in [-0.1, -0.05) is 67.6 Å². The van der Waals surface area contributed by atoms with Gasteiger partial charge in [0.05, 0.1) is 35.9 Å². The lowest BCUT2D eigenvalue weighted by Crippen LogP contribution is -2.14. The molecule has 0 saturated carbocycles. The van der Waals surface area contributed by atoms with Crippen molar-refractivity contribution in [3.63, 3.8) is 0 Å². The van der Waals surface area contributed by atoms with Crippen molar-refractivity contribution in [2.24, 2.45) is 5.92 Å². The Morgan fingerprint density at radius 3 is 1.97 bits per heavy atom. The van der Waals surface area contributed by atoms with Crippen molar-refractivity contribution >= 4 is 10.8 Å². The molecule has 4 heterocycles. The molecule has 3 atom stereocenters. The maximum absolute atomic E-state index is 4.67. The van der Waals surface area contributed by atoms with E-state index in [1.807, 2.05) is 12.4 Å². The molecule has 1 unspecified atom stereocenters. The SMILES string of the molecule is C=C1CN[C@H](c2ncc(-c3ccc(-c4ccc5cc(-c6cnc([C@@H]7CC(C)CN7)[nH]6)ccc5c4)cc3)[nH]2)C1. The third kappa shape index (κ3) is 4.36. The number of fused-ring (bicyclic) bond motifs is 1. The molecule has 6 nitrogen and oxygen atoms in total. The van der Waals surface area contributed by atoms with Gasteiger partial charge in [-0.05, 0) is 64.9 Å². The first-order chi connectivity index (χ1) is 18.6. The number of nitrogens with zero attached hydrogens (tertiary/aromatic N) is 2. The highest BCUT2D eigenvalue weighted by atomic mass is 15.0. The molecule has 0 radical (unpaired) electrons. The van der Waals surface area contributed by atoms with Gasteiger partial charge in [-0.2, -0.15) is 0 Å². The number of aromatic nitrogens is 4. The highest BCUT2D eigenvalue weighted by Crippen LogP contribution is 2.32. The number of benzene rings is 3. The van der Waals surface area contributed by atoms with Crippen molar-refractivity contribution in [3.8, 4) is 33.6 Å². The standard InChI is InChI=1S/C32H32N6/c1-19-11-27(33-15-19)31-35-17-29(37-31)22-5-3-21(4-6-22)23-7-8-25-14-26(10-9-24(25)13-23)30-18-36-32(38-30)28-12-20(2)16-34-28/h3-10,13-14,17-18,20,27-28,33-34H,1,11-12,15-16H2,2H3,(H,35,37)(H,36,38)/t20?,27-,28-/m0/s1. The summed E-state index contributed by atoms with van der Waals surface area (Å²) >= 11 is 0. The van der Waals surface area contributed by atoms with Crippen LogP contribution in [0.4, 0.5) is 0 Å². The minimum Gasteiger partial charge on any atom is -0.341 e. The van der Waals surface area contributed by atoms with Crippen LogP contribution in [-0.4, -0.2) is 33.0 Å². The number of H-pyrrole nitrogens is 2. The molecular weight excluding hydrogens is 468 g/mol. The van der Waals surface area contributed by atoms with Crippen LogP contribution in [0.1, 0.15) is 43.5 Å². The van der Waals surface area contributed by atoms with Gasteiger partial charge in [0, 0.05) is 12.1 Å². The maximum Gasteiger partial charge on any atom is 0.124 e. The summed E-state index contributed by atoms with van der Waals surface area (Å²) < 4.78 is 0. The minimum atomic E-state index is 0.233. The lowest BCUT2D eigenvalue weighted by Gasteiger charge is -2.08. The predicted octanol–water partition coefficient (Wildman–Crippen LogP) is 6.55. The topological polar surface area (TPSA) is 81.4 Å². The van der Waals surface area contributed by atoms with E-state index in [-0.39, 0.29) is 6.04 Å². The van der Waals surface area contributed by atoms with E-state index < -0.39 is 0 Å². The molecule has 2 saturated heterocycles. The third-order valence-corrected chi connectivity index (χ3v) is 7.97. The molecule has 2 fully saturated rings. The molecule has 7 rings (SSSR count). The fraction of sp³-hybridized carbons (Fsp3) is 0.250. The Hall–Kier alpha value is -4.00. The Morgan fingerprint density at radius 1 is 0.711 bits per heavy atom. The van der Waals surface area contributed by atoms with Crippen molar-refractivity contribution < 1.29 is 0 Å². The van der Waals surface area contributed by atoms with E-state index in [1.54, 1.807) is 0 Å². The number of imidazole rings is 2. The lowest BCUT2D eigenvalue weighted by molar-refractivity contribution is 0.588. The van der Waals surface area contributed by atoms with Crippen LogP contribution >= 0.6 is 0 Å². The molecular formula is C32H32N6. The van der Waals surface area contributed by atoms with E-state index in [0.29, 0.717) is 12.0 Å². The minimum absolute atomic E-state index is 0.233. The van der Waals surface area contributed by atoms with E-state index in [0.717, 1.165) is 60.1 Å². The molecule has 5 aromatic rings. The van der Waals surface area contributed by atoms with Crippen LogP contribution in [0.2, 0.25) is 0 Å². The van der Waals surface area contributed by atoms with Crippen LogP contribution < -0.4 is 10.6 Å². The second kappa shape index (κ2) is 9.39. The zero-order valence-corrected chi connectivity index (χ0v) is 21.6. The van der Waals surface area contributed by atoms with Gasteiger partial charge in [-0.25, -0.2) is 9.97 Å². The molecule has 0 amide bonds. The summed E-state index contributed by atoms with van der Waals surface area (Å²) in [5.74, 6) is 2.71. The van der Waals surface area contributed by atoms with Gasteiger partial charge in [0.2, 0.25) is 0 Å². The maximum atomic E-state index is 4.67. The van der Waals surface area contributed by atoms with Crippen molar-refractivity contribution in [2.45, 2.75) is 31.8 Å². The fourth-order valence-electron chi connectivity index (χ4n) is 5.77. The number of aromatic amines is 2. The summed E-state index contributed by atoms with van der Waals surface area (Å²) in [6, 6.07) is 22.6. The summed E-state index contributed by atoms with van der Waals surface area (Å²) in [6.07, 6.45) is 5.95. The zero-order chi connectivity index (χ0) is 25.6. The molecule has 0 bridgehead atoms. The monoisotopic (exact) mass is 500 g/mol. The van der Waals surface area contributed by atoms with Crippen LogP contribution in [0.15, 0.2) is 85.2 Å². The molecule has 2 aliphatic rings. The molecule has 38 heavy (non-hydrogen) atoms. The van der Waals surface area contributed by atoms with Gasteiger partial charge < -0.3 is 20.6 Å². The predicted molar refractivity (Wildman–Crippen MR) is 154 cm³/mol. The molecule has 0 spiro atoms. The highest BCUT2D eigenvalue weighted by molar-refractivity contribution is 5.90. The second-order valence-electron chi connectivity index (χ2n) is 10.9. The molecule has 3 aromatic carbocycles. The number of hydrogen-bond acceptors (Lipinski definition) is 4. The van der Waals surface area contributed by atoms with Gasteiger partial charge in [-0.15, -0.1) is 0 Å². The van der Waals surface area contributed by atoms with E-state index in [2.05, 4.69) is 105 Å². The smallest absolute Gasteiger partial charge is 0.124 e. The van der Waals surface area contributed by atoms with Crippen molar-refractivity contribution in [1.29, 1.82) is 0 Å². The van der Waals surface area contributed by atoms with Crippen LogP contribution in [0, 0.1) is 5.92 Å².